The average Bonchev–Trinajstić information content (AvgIpc) is 2.52. The topological polar surface area (TPSA) is 33.1 Å². The highest BCUT2D eigenvalue weighted by atomic mass is 15.2. The summed E-state index contributed by atoms with van der Waals surface area (Å²) in [5.41, 5.74) is 1.06. The van der Waals surface area contributed by atoms with E-state index in [2.05, 4.69) is 29.0 Å². The zero-order chi connectivity index (χ0) is 11.3. The third-order valence-electron chi connectivity index (χ3n) is 2.60. The van der Waals surface area contributed by atoms with Gasteiger partial charge in [0.25, 0.3) is 0 Å². The monoisotopic (exact) mass is 210 g/mol. The lowest BCUT2D eigenvalue weighted by atomic mass is 10.4. The fourth-order valence-electron chi connectivity index (χ4n) is 1.65. The Bertz CT molecular complexity index is 289. The number of nitrogens with zero attached hydrogens (tertiary/aromatic N) is 3. The smallest absolute Gasteiger partial charge is 0.202 e. The van der Waals surface area contributed by atoms with Crippen LogP contribution in [-0.2, 0) is 7.05 Å². The van der Waals surface area contributed by atoms with Crippen LogP contribution in [0, 0.1) is 6.92 Å². The third kappa shape index (κ3) is 3.55. The van der Waals surface area contributed by atoms with Crippen LogP contribution in [0.1, 0.15) is 19.5 Å². The molecule has 0 saturated carbocycles. The molecule has 1 N–H and O–H groups in total. The molecule has 15 heavy (non-hydrogen) atoms. The summed E-state index contributed by atoms with van der Waals surface area (Å²) in [5, 5.41) is 3.34. The van der Waals surface area contributed by atoms with Crippen molar-refractivity contribution in [2.75, 3.05) is 31.5 Å². The van der Waals surface area contributed by atoms with Gasteiger partial charge in [0.1, 0.15) is 0 Å². The third-order valence-corrected chi connectivity index (χ3v) is 2.60. The van der Waals surface area contributed by atoms with Crippen molar-refractivity contribution in [1.29, 1.82) is 0 Å². The predicted octanol–water partition coefficient (Wildman–Crippen LogP) is 1.48. The maximum absolute atomic E-state index is 4.39. The minimum absolute atomic E-state index is 0.950. The van der Waals surface area contributed by atoms with Crippen LogP contribution in [0.25, 0.3) is 0 Å². The van der Waals surface area contributed by atoms with Gasteiger partial charge in [-0.05, 0) is 20.0 Å². The van der Waals surface area contributed by atoms with Crippen LogP contribution in [0.15, 0.2) is 6.20 Å². The van der Waals surface area contributed by atoms with Crippen molar-refractivity contribution < 1.29 is 0 Å². The summed E-state index contributed by atoms with van der Waals surface area (Å²) in [6, 6.07) is 0. The molecule has 0 fully saturated rings. The highest BCUT2D eigenvalue weighted by Gasteiger charge is 2.02. The van der Waals surface area contributed by atoms with E-state index in [9.17, 15) is 0 Å². The number of hydrogen-bond acceptors (Lipinski definition) is 3. The predicted molar refractivity (Wildman–Crippen MR) is 64.2 cm³/mol. The van der Waals surface area contributed by atoms with Crippen LogP contribution < -0.4 is 5.32 Å². The van der Waals surface area contributed by atoms with E-state index in [0.717, 1.165) is 37.8 Å². The number of anilines is 1. The highest BCUT2D eigenvalue weighted by molar-refractivity contribution is 5.27. The summed E-state index contributed by atoms with van der Waals surface area (Å²) >= 11 is 0. The van der Waals surface area contributed by atoms with Gasteiger partial charge in [0.15, 0.2) is 0 Å². The summed E-state index contributed by atoms with van der Waals surface area (Å²) in [5.74, 6) is 0.958. The minimum Gasteiger partial charge on any atom is -0.354 e. The molecular weight excluding hydrogens is 188 g/mol. The Labute approximate surface area is 92.3 Å². The van der Waals surface area contributed by atoms with Crippen LogP contribution in [0.3, 0.4) is 0 Å². The van der Waals surface area contributed by atoms with Gasteiger partial charge in [-0.25, -0.2) is 4.98 Å². The molecule has 1 heterocycles. The molecule has 4 nitrogen and oxygen atoms in total. The van der Waals surface area contributed by atoms with Gasteiger partial charge in [0.05, 0.1) is 5.69 Å². The standard InChI is InChI=1S/C11H22N4/c1-5-15(6-2)8-7-12-11-13-10(3)9-14(11)4/h9H,5-8H2,1-4H3,(H,12,13). The lowest BCUT2D eigenvalue weighted by molar-refractivity contribution is 0.315. The van der Waals surface area contributed by atoms with E-state index in [4.69, 9.17) is 0 Å². The molecule has 4 heteroatoms. The van der Waals surface area contributed by atoms with Crippen LogP contribution in [0.5, 0.6) is 0 Å². The SMILES string of the molecule is CCN(CC)CCNc1nc(C)cn1C. The number of rotatable bonds is 6. The highest BCUT2D eigenvalue weighted by Crippen LogP contribution is 2.04. The first-order valence-corrected chi connectivity index (χ1v) is 5.63. The van der Waals surface area contributed by atoms with Gasteiger partial charge in [0.2, 0.25) is 5.95 Å². The van der Waals surface area contributed by atoms with Crippen molar-refractivity contribution in [1.82, 2.24) is 14.5 Å². The van der Waals surface area contributed by atoms with E-state index in [1.807, 2.05) is 24.7 Å². The molecule has 1 aromatic heterocycles. The van der Waals surface area contributed by atoms with Crippen molar-refractivity contribution in [2.24, 2.45) is 7.05 Å². The summed E-state index contributed by atoms with van der Waals surface area (Å²) in [6.07, 6.45) is 2.03. The van der Waals surface area contributed by atoms with Crippen LogP contribution in [0.2, 0.25) is 0 Å². The molecule has 0 atom stereocenters. The number of aryl methyl sites for hydroxylation is 2. The fraction of sp³-hybridized carbons (Fsp3) is 0.727. The van der Waals surface area contributed by atoms with Crippen molar-refractivity contribution in [2.45, 2.75) is 20.8 Å². The van der Waals surface area contributed by atoms with Crippen molar-refractivity contribution in [3.8, 4) is 0 Å². The average molecular weight is 210 g/mol. The lowest BCUT2D eigenvalue weighted by Crippen LogP contribution is -2.29. The van der Waals surface area contributed by atoms with Gasteiger partial charge >= 0.3 is 0 Å². The van der Waals surface area contributed by atoms with Crippen molar-refractivity contribution in [3.05, 3.63) is 11.9 Å². The molecule has 0 spiro atoms. The minimum atomic E-state index is 0.950. The molecule has 0 amide bonds. The van der Waals surface area contributed by atoms with Crippen LogP contribution >= 0.6 is 0 Å². The molecule has 0 unspecified atom stereocenters. The first-order valence-electron chi connectivity index (χ1n) is 5.63. The number of likely N-dealkylation sites (N-methyl/N-ethyl adjacent to an activating group) is 1. The summed E-state index contributed by atoms with van der Waals surface area (Å²) in [6.45, 7) is 10.6. The normalized spacial score (nSPS) is 11.0. The molecule has 0 saturated heterocycles. The van der Waals surface area contributed by atoms with E-state index in [0.29, 0.717) is 0 Å². The van der Waals surface area contributed by atoms with Gasteiger partial charge in [-0.2, -0.15) is 0 Å². The Balaban J connectivity index is 2.34. The van der Waals surface area contributed by atoms with Gasteiger partial charge in [0, 0.05) is 26.3 Å². The quantitative estimate of drug-likeness (QED) is 0.772. The number of aromatic nitrogens is 2. The van der Waals surface area contributed by atoms with Gasteiger partial charge in [-0.15, -0.1) is 0 Å². The van der Waals surface area contributed by atoms with E-state index in [1.54, 1.807) is 0 Å². The largest absolute Gasteiger partial charge is 0.354 e. The number of nitrogens with one attached hydrogen (secondary N) is 1. The number of hydrogen-bond donors (Lipinski definition) is 1. The first kappa shape index (κ1) is 12.0. The maximum atomic E-state index is 4.39. The molecule has 86 valence electrons. The van der Waals surface area contributed by atoms with Gasteiger partial charge in [-0.1, -0.05) is 13.8 Å². The lowest BCUT2D eigenvalue weighted by Gasteiger charge is -2.18. The van der Waals surface area contributed by atoms with Crippen molar-refractivity contribution >= 4 is 5.95 Å². The second-order valence-electron chi connectivity index (χ2n) is 3.77. The van der Waals surface area contributed by atoms with Gasteiger partial charge in [-0.3, -0.25) is 0 Å². The summed E-state index contributed by atoms with van der Waals surface area (Å²) in [4.78, 5) is 6.78. The molecule has 0 aliphatic rings. The second kappa shape index (κ2) is 5.75. The maximum Gasteiger partial charge on any atom is 0.202 e. The zero-order valence-corrected chi connectivity index (χ0v) is 10.2. The number of imidazole rings is 1. The van der Waals surface area contributed by atoms with E-state index in [-0.39, 0.29) is 0 Å². The second-order valence-corrected chi connectivity index (χ2v) is 3.77. The molecule has 0 aliphatic heterocycles. The Morgan fingerprint density at radius 2 is 2.07 bits per heavy atom. The Kier molecular flexibility index (Phi) is 4.62. The van der Waals surface area contributed by atoms with Crippen LogP contribution in [-0.4, -0.2) is 40.6 Å². The van der Waals surface area contributed by atoms with E-state index >= 15 is 0 Å². The Hall–Kier alpha value is -1.03. The Morgan fingerprint density at radius 3 is 2.53 bits per heavy atom. The molecule has 0 radical (unpaired) electrons. The Morgan fingerprint density at radius 1 is 1.40 bits per heavy atom. The molecule has 0 aliphatic carbocycles. The first-order chi connectivity index (χ1) is 7.17. The summed E-state index contributed by atoms with van der Waals surface area (Å²) < 4.78 is 2.03. The molecule has 1 aromatic rings. The summed E-state index contributed by atoms with van der Waals surface area (Å²) in [7, 11) is 2.01. The van der Waals surface area contributed by atoms with Crippen LogP contribution in [0.4, 0.5) is 5.95 Å². The van der Waals surface area contributed by atoms with E-state index < -0.39 is 0 Å². The molecule has 0 aromatic carbocycles. The van der Waals surface area contributed by atoms with Crippen molar-refractivity contribution in [3.63, 3.8) is 0 Å². The van der Waals surface area contributed by atoms with E-state index in [1.165, 1.54) is 0 Å². The zero-order valence-electron chi connectivity index (χ0n) is 10.2. The molecular formula is C11H22N4. The fourth-order valence-corrected chi connectivity index (χ4v) is 1.65. The molecule has 0 bridgehead atoms. The van der Waals surface area contributed by atoms with Gasteiger partial charge < -0.3 is 14.8 Å². The molecule has 1 rings (SSSR count).